The van der Waals surface area contributed by atoms with E-state index in [2.05, 4.69) is 10.3 Å². The molecule has 1 saturated heterocycles. The van der Waals surface area contributed by atoms with Gasteiger partial charge in [0, 0.05) is 24.6 Å². The summed E-state index contributed by atoms with van der Waals surface area (Å²) in [6, 6.07) is 15.6. The van der Waals surface area contributed by atoms with Gasteiger partial charge in [-0.25, -0.2) is 4.39 Å². The van der Waals surface area contributed by atoms with Crippen LogP contribution in [0, 0.1) is 5.82 Å². The van der Waals surface area contributed by atoms with Gasteiger partial charge in [0.1, 0.15) is 5.82 Å². The molecule has 0 amide bonds. The molecule has 1 aliphatic rings. The number of ether oxygens (including phenoxy) is 1. The van der Waals surface area contributed by atoms with Crippen LogP contribution >= 0.6 is 12.2 Å². The molecule has 1 fully saturated rings. The van der Waals surface area contributed by atoms with Gasteiger partial charge in [-0.1, -0.05) is 18.2 Å². The molecular formula is C22H21FN4O2S. The van der Waals surface area contributed by atoms with E-state index in [0.29, 0.717) is 17.3 Å². The first-order valence-electron chi connectivity index (χ1n) is 9.57. The summed E-state index contributed by atoms with van der Waals surface area (Å²) in [5.74, 6) is -0.638. The summed E-state index contributed by atoms with van der Waals surface area (Å²) in [6.07, 6.45) is 3.73. The third kappa shape index (κ3) is 3.78. The van der Waals surface area contributed by atoms with Crippen molar-refractivity contribution in [3.05, 3.63) is 84.2 Å². The Hall–Kier alpha value is -3.26. The van der Waals surface area contributed by atoms with E-state index in [1.54, 1.807) is 24.4 Å². The molecule has 1 N–H and O–H groups in total. The van der Waals surface area contributed by atoms with E-state index in [0.717, 1.165) is 11.4 Å². The largest absolute Gasteiger partial charge is 0.469 e. The van der Waals surface area contributed by atoms with Crippen LogP contribution in [0.15, 0.2) is 67.0 Å². The highest BCUT2D eigenvalue weighted by Crippen LogP contribution is 2.39. The molecule has 0 bridgehead atoms. The Kier molecular flexibility index (Phi) is 5.76. The molecule has 0 unspecified atom stereocenters. The van der Waals surface area contributed by atoms with E-state index >= 15 is 0 Å². The number of methoxy groups -OCH3 is 1. The number of esters is 1. The van der Waals surface area contributed by atoms with Crippen LogP contribution in [0.5, 0.6) is 0 Å². The van der Waals surface area contributed by atoms with Crippen LogP contribution in [0.4, 0.5) is 4.39 Å². The highest BCUT2D eigenvalue weighted by Gasteiger charge is 2.41. The lowest BCUT2D eigenvalue weighted by Crippen LogP contribution is -2.32. The summed E-state index contributed by atoms with van der Waals surface area (Å²) in [4.78, 5) is 18.2. The maximum absolute atomic E-state index is 14.6. The molecule has 2 aromatic heterocycles. The van der Waals surface area contributed by atoms with Crippen molar-refractivity contribution in [2.45, 2.75) is 18.5 Å². The maximum atomic E-state index is 14.6. The lowest BCUT2D eigenvalue weighted by molar-refractivity contribution is -0.140. The number of rotatable bonds is 6. The second-order valence-electron chi connectivity index (χ2n) is 6.90. The molecule has 0 saturated carbocycles. The molecule has 4 rings (SSSR count). The van der Waals surface area contributed by atoms with Gasteiger partial charge in [-0.05, 0) is 48.6 Å². The Morgan fingerprint density at radius 1 is 1.20 bits per heavy atom. The molecule has 30 heavy (non-hydrogen) atoms. The molecule has 6 nitrogen and oxygen atoms in total. The maximum Gasteiger partial charge on any atom is 0.307 e. The Balaban J connectivity index is 1.78. The number of pyridine rings is 1. The molecule has 1 aromatic carbocycles. The van der Waals surface area contributed by atoms with Crippen LogP contribution in [-0.4, -0.2) is 39.2 Å². The van der Waals surface area contributed by atoms with Gasteiger partial charge in [0.05, 0.1) is 37.0 Å². The van der Waals surface area contributed by atoms with Gasteiger partial charge in [-0.2, -0.15) is 0 Å². The summed E-state index contributed by atoms with van der Waals surface area (Å²) in [7, 11) is 1.36. The number of hydrogen-bond acceptors (Lipinski definition) is 4. The van der Waals surface area contributed by atoms with Crippen LogP contribution in [-0.2, 0) is 9.53 Å². The molecule has 154 valence electrons. The van der Waals surface area contributed by atoms with Crippen LogP contribution in [0.1, 0.15) is 29.9 Å². The minimum Gasteiger partial charge on any atom is -0.469 e. The highest BCUT2D eigenvalue weighted by atomic mass is 32.1. The number of halogens is 1. The molecule has 0 radical (unpaired) electrons. The first-order chi connectivity index (χ1) is 14.6. The van der Waals surface area contributed by atoms with E-state index < -0.39 is 0 Å². The summed E-state index contributed by atoms with van der Waals surface area (Å²) < 4.78 is 21.2. The number of benzene rings is 1. The standard InChI is InChI=1S/C22H21FN4O2S/c1-29-19(28)11-14-27-21(20(25-22(27)30)16-8-4-5-12-24-16)18-10-6-13-26(18)17-9-3-2-7-15(17)23/h2-10,12-13,20-21H,11,14H2,1H3,(H,25,30)/t20-,21+/m0/s1. The number of para-hydroxylation sites is 1. The van der Waals surface area contributed by atoms with Gasteiger partial charge in [-0.3, -0.25) is 9.78 Å². The van der Waals surface area contributed by atoms with Crippen LogP contribution in [0.3, 0.4) is 0 Å². The van der Waals surface area contributed by atoms with Gasteiger partial charge >= 0.3 is 5.97 Å². The predicted octanol–water partition coefficient (Wildman–Crippen LogP) is 3.55. The summed E-state index contributed by atoms with van der Waals surface area (Å²) in [6.45, 7) is 0.370. The SMILES string of the molecule is COC(=O)CCN1C(=S)N[C@@H](c2ccccn2)[C@H]1c1cccn1-c1ccccc1F. The zero-order valence-corrected chi connectivity index (χ0v) is 17.2. The van der Waals surface area contributed by atoms with Crippen molar-refractivity contribution in [1.29, 1.82) is 0 Å². The van der Waals surface area contributed by atoms with Crippen LogP contribution in [0.25, 0.3) is 5.69 Å². The van der Waals surface area contributed by atoms with Crippen molar-refractivity contribution in [3.8, 4) is 5.69 Å². The zero-order valence-electron chi connectivity index (χ0n) is 16.4. The quantitative estimate of drug-likeness (QED) is 0.483. The number of carbonyl (C=O) groups is 1. The fraction of sp³-hybridized carbons (Fsp3) is 0.227. The van der Waals surface area contributed by atoms with E-state index in [1.165, 1.54) is 13.2 Å². The normalized spacial score (nSPS) is 18.3. The second-order valence-corrected chi connectivity index (χ2v) is 7.29. The monoisotopic (exact) mass is 424 g/mol. The topological polar surface area (TPSA) is 59.4 Å². The molecular weight excluding hydrogens is 403 g/mol. The van der Waals surface area contributed by atoms with E-state index in [-0.39, 0.29) is 30.3 Å². The first-order valence-corrected chi connectivity index (χ1v) is 9.98. The van der Waals surface area contributed by atoms with Crippen molar-refractivity contribution in [2.75, 3.05) is 13.7 Å². The average molecular weight is 425 g/mol. The van der Waals surface area contributed by atoms with Gasteiger partial charge < -0.3 is 19.5 Å². The van der Waals surface area contributed by atoms with Gasteiger partial charge in [0.2, 0.25) is 0 Å². The van der Waals surface area contributed by atoms with Gasteiger partial charge in [0.15, 0.2) is 5.11 Å². The minimum atomic E-state index is -0.320. The Labute approximate surface area is 179 Å². The number of aromatic nitrogens is 2. The highest BCUT2D eigenvalue weighted by molar-refractivity contribution is 7.80. The Morgan fingerprint density at radius 3 is 2.73 bits per heavy atom. The summed E-state index contributed by atoms with van der Waals surface area (Å²) >= 11 is 5.59. The summed E-state index contributed by atoms with van der Waals surface area (Å²) in [5, 5.41) is 3.84. The van der Waals surface area contributed by atoms with Crippen LogP contribution < -0.4 is 5.32 Å². The first kappa shape index (κ1) is 20.0. The van der Waals surface area contributed by atoms with Crippen molar-refractivity contribution in [1.82, 2.24) is 19.8 Å². The van der Waals surface area contributed by atoms with E-state index in [9.17, 15) is 9.18 Å². The van der Waals surface area contributed by atoms with Gasteiger partial charge in [-0.15, -0.1) is 0 Å². The van der Waals surface area contributed by atoms with Gasteiger partial charge in [0.25, 0.3) is 0 Å². The lowest BCUT2D eigenvalue weighted by atomic mass is 10.0. The third-order valence-electron chi connectivity index (χ3n) is 5.18. The third-order valence-corrected chi connectivity index (χ3v) is 5.53. The van der Waals surface area contributed by atoms with Crippen molar-refractivity contribution < 1.29 is 13.9 Å². The molecule has 0 spiro atoms. The lowest BCUT2D eigenvalue weighted by Gasteiger charge is -2.28. The van der Waals surface area contributed by atoms with Crippen LogP contribution in [0.2, 0.25) is 0 Å². The Morgan fingerprint density at radius 2 is 2.00 bits per heavy atom. The fourth-order valence-corrected chi connectivity index (χ4v) is 4.12. The molecule has 2 atom stereocenters. The molecule has 3 heterocycles. The zero-order chi connectivity index (χ0) is 21.1. The Bertz CT molecular complexity index is 1060. The minimum absolute atomic E-state index is 0.185. The summed E-state index contributed by atoms with van der Waals surface area (Å²) in [5.41, 5.74) is 2.10. The number of carbonyl (C=O) groups excluding carboxylic acids is 1. The van der Waals surface area contributed by atoms with Crippen molar-refractivity contribution in [3.63, 3.8) is 0 Å². The fourth-order valence-electron chi connectivity index (χ4n) is 3.78. The number of nitrogens with one attached hydrogen (secondary N) is 1. The number of nitrogens with zero attached hydrogens (tertiary/aromatic N) is 3. The smallest absolute Gasteiger partial charge is 0.307 e. The van der Waals surface area contributed by atoms with E-state index in [1.807, 2.05) is 46.0 Å². The van der Waals surface area contributed by atoms with Crippen molar-refractivity contribution >= 4 is 23.3 Å². The van der Waals surface area contributed by atoms with E-state index in [4.69, 9.17) is 17.0 Å². The molecule has 0 aliphatic carbocycles. The molecule has 3 aromatic rings. The predicted molar refractivity (Wildman–Crippen MR) is 115 cm³/mol. The molecule has 1 aliphatic heterocycles. The second kappa shape index (κ2) is 8.62. The average Bonchev–Trinajstić information content (AvgIpc) is 3.37. The number of hydrogen-bond donors (Lipinski definition) is 1. The molecule has 8 heteroatoms. The number of thiocarbonyl (C=S) groups is 1. The van der Waals surface area contributed by atoms with Crippen molar-refractivity contribution in [2.24, 2.45) is 0 Å².